The van der Waals surface area contributed by atoms with Gasteiger partial charge in [-0.25, -0.2) is 0 Å². The maximum absolute atomic E-state index is 14.1. The lowest BCUT2D eigenvalue weighted by Gasteiger charge is -2.47. The van der Waals surface area contributed by atoms with Gasteiger partial charge in [0.25, 0.3) is 0 Å². The van der Waals surface area contributed by atoms with E-state index < -0.39 is 14.6 Å². The zero-order chi connectivity index (χ0) is 33.1. The summed E-state index contributed by atoms with van der Waals surface area (Å²) < 4.78 is 13.2. The molecule has 4 aromatic carbocycles. The van der Waals surface area contributed by atoms with E-state index in [-0.39, 0.29) is 22.0 Å². The smallest absolute Gasteiger partial charge is 0.225 e. The van der Waals surface area contributed by atoms with Gasteiger partial charge in [0.15, 0.2) is 0 Å². The number of thioether (sulfide) groups is 1. The predicted octanol–water partition coefficient (Wildman–Crippen LogP) is 11.0. The number of nitrogens with one attached hydrogen (secondary N) is 1. The van der Waals surface area contributed by atoms with E-state index in [2.05, 4.69) is 121 Å². The number of hydrogen-bond donors (Lipinski definition) is 1. The van der Waals surface area contributed by atoms with Gasteiger partial charge >= 0.3 is 0 Å². The summed E-state index contributed by atoms with van der Waals surface area (Å²) in [5.74, 6) is 1.53. The minimum absolute atomic E-state index is 0.00581. The third kappa shape index (κ3) is 7.62. The van der Waals surface area contributed by atoms with Crippen LogP contribution in [-0.4, -0.2) is 19.7 Å². The Balaban J connectivity index is 1.50. The highest BCUT2D eigenvalue weighted by molar-refractivity contribution is 8.00. The Kier molecular flexibility index (Phi) is 10.2. The van der Waals surface area contributed by atoms with Crippen molar-refractivity contribution in [1.29, 1.82) is 0 Å². The van der Waals surface area contributed by atoms with Gasteiger partial charge in [0, 0.05) is 33.1 Å². The molecule has 0 aliphatic carbocycles. The normalized spacial score (nSPS) is 14.6. The van der Waals surface area contributed by atoms with E-state index in [0.29, 0.717) is 6.42 Å². The van der Waals surface area contributed by atoms with Crippen LogP contribution in [0.4, 0.5) is 5.69 Å². The Morgan fingerprint density at radius 3 is 1.96 bits per heavy atom. The summed E-state index contributed by atoms with van der Waals surface area (Å²) >= 11 is 1.79. The van der Waals surface area contributed by atoms with Crippen LogP contribution in [0.15, 0.2) is 102 Å². The second kappa shape index (κ2) is 13.8. The summed E-state index contributed by atoms with van der Waals surface area (Å²) in [4.78, 5) is 15.2. The summed E-state index contributed by atoms with van der Waals surface area (Å²) in [5.41, 5.74) is 4.70. The van der Waals surface area contributed by atoms with Gasteiger partial charge in [0.2, 0.25) is 14.9 Å². The summed E-state index contributed by atoms with van der Waals surface area (Å²) in [6.07, 6.45) is 1.88. The van der Waals surface area contributed by atoms with E-state index in [0.717, 1.165) is 51.6 Å². The van der Waals surface area contributed by atoms with Crippen LogP contribution in [0.2, 0.25) is 13.1 Å². The molecular weight excluding hydrogens is 603 g/mol. The summed E-state index contributed by atoms with van der Waals surface area (Å²) in [5, 5.41) is 3.43. The second-order valence-corrected chi connectivity index (χ2v) is 18.3. The van der Waals surface area contributed by atoms with Crippen LogP contribution in [0.1, 0.15) is 82.6 Å². The van der Waals surface area contributed by atoms with Crippen LogP contribution in [0.25, 0.3) is 0 Å². The zero-order valence-electron chi connectivity index (χ0n) is 28.6. The number of amides is 1. The van der Waals surface area contributed by atoms with E-state index in [9.17, 15) is 4.79 Å². The molecule has 1 radical (unpaired) electrons. The lowest BCUT2D eigenvalue weighted by molar-refractivity contribution is -0.116. The van der Waals surface area contributed by atoms with Crippen molar-refractivity contribution in [3.8, 4) is 11.5 Å². The summed E-state index contributed by atoms with van der Waals surface area (Å²) in [6.45, 7) is 17.9. The number of rotatable bonds is 10. The predicted molar refractivity (Wildman–Crippen MR) is 195 cm³/mol. The molecule has 46 heavy (non-hydrogen) atoms. The molecule has 4 nitrogen and oxygen atoms in total. The zero-order valence-corrected chi connectivity index (χ0v) is 30.4. The molecule has 241 valence electrons. The average molecular weight is 651 g/mol. The number of para-hydroxylation sites is 3. The first-order valence-electron chi connectivity index (χ1n) is 16.3. The maximum atomic E-state index is 14.1. The Bertz CT molecular complexity index is 1610. The van der Waals surface area contributed by atoms with E-state index in [1.807, 2.05) is 36.4 Å². The first kappa shape index (κ1) is 34.0. The van der Waals surface area contributed by atoms with Gasteiger partial charge in [-0.15, -0.1) is 11.8 Å². The summed E-state index contributed by atoms with van der Waals surface area (Å²) in [7, 11) is -1.03. The molecule has 0 fully saturated rings. The average Bonchev–Trinajstić information content (AvgIpc) is 2.99. The van der Waals surface area contributed by atoms with Crippen molar-refractivity contribution in [2.24, 2.45) is 5.41 Å². The first-order chi connectivity index (χ1) is 21.8. The number of ether oxygens (including phenoxy) is 1. The molecule has 0 saturated heterocycles. The molecule has 0 spiro atoms. The molecular formula is C40H48NO3SSi. The fraction of sp³-hybridized carbons (Fsp3) is 0.375. The summed E-state index contributed by atoms with van der Waals surface area (Å²) in [6, 6.07) is 33.2. The van der Waals surface area contributed by atoms with Crippen LogP contribution >= 0.6 is 11.8 Å². The van der Waals surface area contributed by atoms with Crippen LogP contribution in [-0.2, 0) is 21.2 Å². The van der Waals surface area contributed by atoms with Crippen molar-refractivity contribution in [3.63, 3.8) is 0 Å². The molecule has 1 atom stereocenters. The van der Waals surface area contributed by atoms with Crippen LogP contribution in [0.3, 0.4) is 0 Å². The Morgan fingerprint density at radius 1 is 0.804 bits per heavy atom. The van der Waals surface area contributed by atoms with Crippen LogP contribution in [0, 0.1) is 5.41 Å². The van der Waals surface area contributed by atoms with E-state index >= 15 is 0 Å². The number of carbonyl (C=O) groups is 1. The van der Waals surface area contributed by atoms with Gasteiger partial charge in [-0.3, -0.25) is 4.79 Å². The number of carbonyl (C=O) groups excluding carboxylic acids is 1. The fourth-order valence-electron chi connectivity index (χ4n) is 6.53. The molecule has 1 unspecified atom stereocenters. The molecule has 6 heteroatoms. The van der Waals surface area contributed by atoms with Gasteiger partial charge in [0.1, 0.15) is 11.5 Å². The molecule has 1 aliphatic heterocycles. The Labute approximate surface area is 282 Å². The highest BCUT2D eigenvalue weighted by atomic mass is 32.2. The van der Waals surface area contributed by atoms with Crippen molar-refractivity contribution < 1.29 is 14.0 Å². The quantitative estimate of drug-likeness (QED) is 0.137. The first-order valence-corrected chi connectivity index (χ1v) is 19.5. The van der Waals surface area contributed by atoms with Crippen molar-refractivity contribution in [1.82, 2.24) is 0 Å². The van der Waals surface area contributed by atoms with Gasteiger partial charge in [-0.05, 0) is 60.7 Å². The van der Waals surface area contributed by atoms with E-state index in [4.69, 9.17) is 9.16 Å². The third-order valence-corrected chi connectivity index (χ3v) is 10.5. The molecule has 0 aromatic heterocycles. The minimum atomic E-state index is -1.03. The molecule has 1 aliphatic rings. The topological polar surface area (TPSA) is 47.6 Å². The van der Waals surface area contributed by atoms with Gasteiger partial charge in [0.05, 0.1) is 11.3 Å². The number of hydrogen-bond acceptors (Lipinski definition) is 4. The Morgan fingerprint density at radius 2 is 1.39 bits per heavy atom. The van der Waals surface area contributed by atoms with Gasteiger partial charge in [-0.1, -0.05) is 120 Å². The van der Waals surface area contributed by atoms with Gasteiger partial charge in [-0.2, -0.15) is 0 Å². The third-order valence-electron chi connectivity index (χ3n) is 8.57. The molecule has 1 amide bonds. The van der Waals surface area contributed by atoms with Crippen LogP contribution < -0.4 is 10.1 Å². The highest BCUT2D eigenvalue weighted by Gasteiger charge is 2.45. The molecule has 0 bridgehead atoms. The number of benzene rings is 4. The lowest BCUT2D eigenvalue weighted by Crippen LogP contribution is -2.45. The van der Waals surface area contributed by atoms with Crippen molar-refractivity contribution in [3.05, 3.63) is 119 Å². The minimum Gasteiger partial charge on any atom is -0.457 e. The molecule has 1 heterocycles. The SMILES string of the molecule is C[Si](C)OC(CCc1cccc(SC(C)(C)C)c1NC(=O)CC1c2ccccc2Oc2ccccc21)(c1ccccc1)C(C)(C)C. The molecule has 5 rings (SSSR count). The standard InChI is InChI=1S/C40H48NO3SSi/c1-38(2,3)40(44-46(7)8,29-18-10-9-11-19-29)26-25-28-17-16-24-35(45-39(4,5)6)37(28)41-36(42)27-32-30-20-12-14-22-33(30)43-34-23-15-13-21-31(32)34/h9-24,32H,25-27H2,1-8H3,(H,41,42). The van der Waals surface area contributed by atoms with Crippen molar-refractivity contribution in [2.45, 2.75) is 95.1 Å². The van der Waals surface area contributed by atoms with Gasteiger partial charge < -0.3 is 14.5 Å². The molecule has 0 saturated carbocycles. The largest absolute Gasteiger partial charge is 0.457 e. The second-order valence-electron chi connectivity index (χ2n) is 14.4. The highest BCUT2D eigenvalue weighted by Crippen LogP contribution is 2.49. The number of aryl methyl sites for hydroxylation is 1. The van der Waals surface area contributed by atoms with E-state index in [1.165, 1.54) is 5.56 Å². The number of anilines is 1. The molecule has 1 N–H and O–H groups in total. The van der Waals surface area contributed by atoms with Crippen LogP contribution in [0.5, 0.6) is 11.5 Å². The number of fused-ring (bicyclic) bond motifs is 2. The van der Waals surface area contributed by atoms with Crippen molar-refractivity contribution >= 4 is 32.4 Å². The Hall–Kier alpha value is -3.32. The maximum Gasteiger partial charge on any atom is 0.225 e. The monoisotopic (exact) mass is 650 g/mol. The molecule has 4 aromatic rings. The fourth-order valence-corrected chi connectivity index (χ4v) is 8.84. The van der Waals surface area contributed by atoms with Crippen molar-refractivity contribution in [2.75, 3.05) is 5.32 Å². The lowest BCUT2D eigenvalue weighted by atomic mass is 9.69. The van der Waals surface area contributed by atoms with E-state index in [1.54, 1.807) is 11.8 Å².